The van der Waals surface area contributed by atoms with Gasteiger partial charge in [-0.25, -0.2) is 4.39 Å². The zero-order valence-electron chi connectivity index (χ0n) is 11.3. The van der Waals surface area contributed by atoms with Crippen molar-refractivity contribution < 1.29 is 4.39 Å². The van der Waals surface area contributed by atoms with Crippen LogP contribution in [0.25, 0.3) is 0 Å². The molecule has 0 radical (unpaired) electrons. The molecule has 2 nitrogen and oxygen atoms in total. The summed E-state index contributed by atoms with van der Waals surface area (Å²) in [5, 5.41) is 0. The van der Waals surface area contributed by atoms with Gasteiger partial charge in [-0.3, -0.25) is 0 Å². The third-order valence-corrected chi connectivity index (χ3v) is 3.05. The monoisotopic (exact) mass is 258 g/mol. The van der Waals surface area contributed by atoms with Crippen molar-refractivity contribution in [2.45, 2.75) is 12.6 Å². The Hall–Kier alpha value is -1.71. The Kier molecular flexibility index (Phi) is 4.30. The van der Waals surface area contributed by atoms with Gasteiger partial charge < -0.3 is 10.6 Å². The fourth-order valence-corrected chi connectivity index (χ4v) is 2.16. The minimum absolute atomic E-state index is 0.256. The normalized spacial score (nSPS) is 12.7. The van der Waals surface area contributed by atoms with Gasteiger partial charge in [0.1, 0.15) is 5.82 Å². The van der Waals surface area contributed by atoms with Crippen molar-refractivity contribution in [1.29, 1.82) is 0 Å². The molecule has 0 saturated heterocycles. The second-order valence-corrected chi connectivity index (χ2v) is 4.98. The number of benzene rings is 2. The lowest BCUT2D eigenvalue weighted by Gasteiger charge is -2.16. The maximum Gasteiger partial charge on any atom is 0.128 e. The van der Waals surface area contributed by atoms with E-state index >= 15 is 0 Å². The number of hydrogen-bond donors (Lipinski definition) is 1. The quantitative estimate of drug-likeness (QED) is 0.913. The Morgan fingerprint density at radius 2 is 1.84 bits per heavy atom. The van der Waals surface area contributed by atoms with E-state index in [-0.39, 0.29) is 5.82 Å². The predicted molar refractivity (Wildman–Crippen MR) is 76.3 cm³/mol. The Labute approximate surface area is 113 Å². The number of hydrogen-bond acceptors (Lipinski definition) is 2. The fraction of sp³-hybridized carbons (Fsp3) is 0.250. The lowest BCUT2D eigenvalue weighted by molar-refractivity contribution is 0.402. The van der Waals surface area contributed by atoms with Gasteiger partial charge in [0.15, 0.2) is 0 Å². The molecule has 19 heavy (non-hydrogen) atoms. The molecule has 0 heterocycles. The topological polar surface area (TPSA) is 29.3 Å². The Morgan fingerprint density at radius 1 is 1.11 bits per heavy atom. The number of nitrogens with zero attached hydrogens (tertiary/aromatic N) is 1. The predicted octanol–water partition coefficient (Wildman–Crippen LogP) is 2.94. The molecule has 0 spiro atoms. The summed E-state index contributed by atoms with van der Waals surface area (Å²) in [6.07, 6.45) is 0. The smallest absolute Gasteiger partial charge is 0.128 e. The number of nitrogens with two attached hydrogens (primary N) is 1. The van der Waals surface area contributed by atoms with Crippen molar-refractivity contribution in [3.8, 4) is 0 Å². The van der Waals surface area contributed by atoms with E-state index in [2.05, 4.69) is 11.0 Å². The highest BCUT2D eigenvalue weighted by Gasteiger charge is 2.13. The van der Waals surface area contributed by atoms with Crippen LogP contribution in [0.15, 0.2) is 48.5 Å². The van der Waals surface area contributed by atoms with Crippen molar-refractivity contribution in [2.24, 2.45) is 5.73 Å². The van der Waals surface area contributed by atoms with Crippen molar-refractivity contribution >= 4 is 0 Å². The van der Waals surface area contributed by atoms with Crippen molar-refractivity contribution in [1.82, 2.24) is 4.90 Å². The molecule has 0 aliphatic heterocycles. The van der Waals surface area contributed by atoms with Crippen LogP contribution in [-0.2, 0) is 6.54 Å². The summed E-state index contributed by atoms with van der Waals surface area (Å²) in [5.41, 5.74) is 8.81. The molecule has 0 aliphatic carbocycles. The van der Waals surface area contributed by atoms with Crippen LogP contribution in [0.2, 0.25) is 0 Å². The second kappa shape index (κ2) is 5.95. The van der Waals surface area contributed by atoms with Crippen LogP contribution < -0.4 is 5.73 Å². The average Bonchev–Trinajstić information content (AvgIpc) is 2.38. The minimum Gasteiger partial charge on any atom is -0.320 e. The highest BCUT2D eigenvalue weighted by molar-refractivity contribution is 5.34. The third kappa shape index (κ3) is 3.40. The van der Waals surface area contributed by atoms with Crippen LogP contribution in [0.5, 0.6) is 0 Å². The largest absolute Gasteiger partial charge is 0.320 e. The van der Waals surface area contributed by atoms with Gasteiger partial charge in [-0.2, -0.15) is 0 Å². The van der Waals surface area contributed by atoms with Gasteiger partial charge in [0.2, 0.25) is 0 Å². The van der Waals surface area contributed by atoms with Crippen molar-refractivity contribution in [2.75, 3.05) is 14.1 Å². The minimum atomic E-state index is -0.427. The maximum atomic E-state index is 13.7. The first kappa shape index (κ1) is 13.7. The van der Waals surface area contributed by atoms with E-state index in [1.165, 1.54) is 11.6 Å². The zero-order chi connectivity index (χ0) is 13.8. The first-order valence-corrected chi connectivity index (χ1v) is 6.31. The molecule has 100 valence electrons. The van der Waals surface area contributed by atoms with Crippen LogP contribution in [0, 0.1) is 5.82 Å². The van der Waals surface area contributed by atoms with E-state index in [9.17, 15) is 4.39 Å². The van der Waals surface area contributed by atoms with Crippen LogP contribution in [0.1, 0.15) is 22.7 Å². The molecule has 2 N–H and O–H groups in total. The standard InChI is InChI=1S/C16H19FN2/c1-19(2)11-12-6-5-7-13(10-12)16(18)14-8-3-4-9-15(14)17/h3-10,16H,11,18H2,1-2H3. The van der Waals surface area contributed by atoms with E-state index in [0.717, 1.165) is 12.1 Å². The highest BCUT2D eigenvalue weighted by atomic mass is 19.1. The SMILES string of the molecule is CN(C)Cc1cccc(C(N)c2ccccc2F)c1. The molecule has 0 aromatic heterocycles. The average molecular weight is 258 g/mol. The lowest BCUT2D eigenvalue weighted by atomic mass is 9.97. The molecular weight excluding hydrogens is 239 g/mol. The van der Waals surface area contributed by atoms with E-state index < -0.39 is 6.04 Å². The van der Waals surface area contributed by atoms with Gasteiger partial charge in [-0.15, -0.1) is 0 Å². The molecule has 0 saturated carbocycles. The molecule has 0 fully saturated rings. The van der Waals surface area contributed by atoms with E-state index in [0.29, 0.717) is 5.56 Å². The summed E-state index contributed by atoms with van der Waals surface area (Å²) in [5.74, 6) is -0.256. The second-order valence-electron chi connectivity index (χ2n) is 4.98. The molecular formula is C16H19FN2. The highest BCUT2D eigenvalue weighted by Crippen LogP contribution is 2.22. The third-order valence-electron chi connectivity index (χ3n) is 3.05. The Bertz CT molecular complexity index is 552. The van der Waals surface area contributed by atoms with Gasteiger partial charge >= 0.3 is 0 Å². The first-order valence-electron chi connectivity index (χ1n) is 6.31. The van der Waals surface area contributed by atoms with Crippen LogP contribution in [0.4, 0.5) is 4.39 Å². The number of halogens is 1. The molecule has 0 bridgehead atoms. The van der Waals surface area contributed by atoms with E-state index in [4.69, 9.17) is 5.73 Å². The van der Waals surface area contributed by atoms with Crippen molar-refractivity contribution in [3.05, 3.63) is 71.0 Å². The Morgan fingerprint density at radius 3 is 2.53 bits per heavy atom. The van der Waals surface area contributed by atoms with Gasteiger partial charge in [-0.05, 0) is 31.3 Å². The molecule has 0 amide bonds. The summed E-state index contributed by atoms with van der Waals surface area (Å²) in [6, 6.07) is 14.2. The molecule has 1 atom stereocenters. The van der Waals surface area contributed by atoms with Crippen LogP contribution in [-0.4, -0.2) is 19.0 Å². The van der Waals surface area contributed by atoms with E-state index in [1.807, 2.05) is 38.4 Å². The summed E-state index contributed by atoms with van der Waals surface area (Å²) < 4.78 is 13.7. The van der Waals surface area contributed by atoms with Gasteiger partial charge in [0, 0.05) is 12.1 Å². The maximum absolute atomic E-state index is 13.7. The molecule has 2 aromatic carbocycles. The molecule has 1 unspecified atom stereocenters. The van der Waals surface area contributed by atoms with Crippen molar-refractivity contribution in [3.63, 3.8) is 0 Å². The molecule has 0 aliphatic rings. The summed E-state index contributed by atoms with van der Waals surface area (Å²) in [4.78, 5) is 2.09. The van der Waals surface area contributed by atoms with Gasteiger partial charge in [0.25, 0.3) is 0 Å². The van der Waals surface area contributed by atoms with Crippen LogP contribution >= 0.6 is 0 Å². The lowest BCUT2D eigenvalue weighted by Crippen LogP contribution is -2.15. The zero-order valence-corrected chi connectivity index (χ0v) is 11.3. The first-order chi connectivity index (χ1) is 9.08. The summed E-state index contributed by atoms with van der Waals surface area (Å²) >= 11 is 0. The molecule has 3 heteroatoms. The Balaban J connectivity index is 2.29. The van der Waals surface area contributed by atoms with Gasteiger partial charge in [0.05, 0.1) is 6.04 Å². The molecule has 2 aromatic rings. The summed E-state index contributed by atoms with van der Waals surface area (Å²) in [6.45, 7) is 0.845. The fourth-order valence-electron chi connectivity index (χ4n) is 2.16. The van der Waals surface area contributed by atoms with E-state index in [1.54, 1.807) is 12.1 Å². The molecule has 2 rings (SSSR count). The summed E-state index contributed by atoms with van der Waals surface area (Å²) in [7, 11) is 4.03. The van der Waals surface area contributed by atoms with Crippen LogP contribution in [0.3, 0.4) is 0 Å². The van der Waals surface area contributed by atoms with Gasteiger partial charge in [-0.1, -0.05) is 42.5 Å². The number of rotatable bonds is 4.